The lowest BCUT2D eigenvalue weighted by molar-refractivity contribution is -0.107. The van der Waals surface area contributed by atoms with Gasteiger partial charge in [0.2, 0.25) is 0 Å². The van der Waals surface area contributed by atoms with E-state index in [1.165, 1.54) is 0 Å². The standard InChI is InChI=1S/C13H18ClN3O/c1-16-6-8-17(9-7-16)12-5-3-2-4-11(12)15-13(14)10-18/h2-5,10,13,15H,6-9H2,1H3. The number of likely N-dealkylation sites (N-methyl/N-ethyl adjacent to an activating group) is 1. The second-order valence-corrected chi connectivity index (χ2v) is 4.96. The molecular formula is C13H18ClN3O. The van der Waals surface area contributed by atoms with Crippen molar-refractivity contribution in [3.63, 3.8) is 0 Å². The zero-order valence-corrected chi connectivity index (χ0v) is 11.2. The molecule has 0 aliphatic carbocycles. The fourth-order valence-electron chi connectivity index (χ4n) is 2.10. The van der Waals surface area contributed by atoms with Gasteiger partial charge in [-0.15, -0.1) is 0 Å². The Morgan fingerprint density at radius 1 is 1.28 bits per heavy atom. The molecule has 0 saturated carbocycles. The molecule has 2 rings (SSSR count). The van der Waals surface area contributed by atoms with Gasteiger partial charge >= 0.3 is 0 Å². The second-order valence-electron chi connectivity index (χ2n) is 4.49. The van der Waals surface area contributed by atoms with Gasteiger partial charge in [-0.1, -0.05) is 23.7 Å². The van der Waals surface area contributed by atoms with Crippen LogP contribution in [0.4, 0.5) is 11.4 Å². The van der Waals surface area contributed by atoms with E-state index < -0.39 is 5.50 Å². The summed E-state index contributed by atoms with van der Waals surface area (Å²) in [5.41, 5.74) is 1.34. The van der Waals surface area contributed by atoms with E-state index in [9.17, 15) is 4.79 Å². The number of aldehydes is 1. The zero-order chi connectivity index (χ0) is 13.0. The van der Waals surface area contributed by atoms with Crippen LogP contribution < -0.4 is 10.2 Å². The highest BCUT2D eigenvalue weighted by Crippen LogP contribution is 2.27. The van der Waals surface area contributed by atoms with Crippen LogP contribution in [-0.2, 0) is 4.79 Å². The fraction of sp³-hybridized carbons (Fsp3) is 0.462. The van der Waals surface area contributed by atoms with Crippen LogP contribution in [-0.4, -0.2) is 49.9 Å². The first kappa shape index (κ1) is 13.2. The lowest BCUT2D eigenvalue weighted by Gasteiger charge is -2.35. The quantitative estimate of drug-likeness (QED) is 0.511. The summed E-state index contributed by atoms with van der Waals surface area (Å²) in [6.45, 7) is 4.07. The summed E-state index contributed by atoms with van der Waals surface area (Å²) in [7, 11) is 2.13. The third-order valence-corrected chi connectivity index (χ3v) is 3.37. The van der Waals surface area contributed by atoms with Crippen LogP contribution in [0.15, 0.2) is 24.3 Å². The molecule has 0 aromatic heterocycles. The van der Waals surface area contributed by atoms with Gasteiger partial charge < -0.3 is 15.1 Å². The third-order valence-electron chi connectivity index (χ3n) is 3.16. The van der Waals surface area contributed by atoms with Crippen LogP contribution in [0.3, 0.4) is 0 Å². The van der Waals surface area contributed by atoms with E-state index in [0.717, 1.165) is 37.6 Å². The first-order chi connectivity index (χ1) is 8.70. The number of hydrogen-bond acceptors (Lipinski definition) is 4. The maximum atomic E-state index is 10.6. The molecule has 1 aliphatic rings. The largest absolute Gasteiger partial charge is 0.367 e. The molecule has 0 bridgehead atoms. The highest BCUT2D eigenvalue weighted by Gasteiger charge is 2.17. The van der Waals surface area contributed by atoms with Crippen molar-refractivity contribution in [2.24, 2.45) is 0 Å². The van der Waals surface area contributed by atoms with Gasteiger partial charge in [0.1, 0.15) is 0 Å². The number of alkyl halides is 1. The third kappa shape index (κ3) is 3.15. The maximum Gasteiger partial charge on any atom is 0.158 e. The van der Waals surface area contributed by atoms with Crippen molar-refractivity contribution in [2.45, 2.75) is 5.50 Å². The first-order valence-electron chi connectivity index (χ1n) is 6.09. The molecule has 1 fully saturated rings. The number of para-hydroxylation sites is 2. The number of carbonyl (C=O) groups excluding carboxylic acids is 1. The monoisotopic (exact) mass is 267 g/mol. The highest BCUT2D eigenvalue weighted by atomic mass is 35.5. The number of nitrogens with zero attached hydrogens (tertiary/aromatic N) is 2. The molecule has 0 spiro atoms. The second kappa shape index (κ2) is 6.07. The lowest BCUT2D eigenvalue weighted by atomic mass is 10.2. The average molecular weight is 268 g/mol. The predicted molar refractivity (Wildman–Crippen MR) is 75.5 cm³/mol. The van der Waals surface area contributed by atoms with Crippen molar-refractivity contribution in [3.05, 3.63) is 24.3 Å². The van der Waals surface area contributed by atoms with E-state index in [4.69, 9.17) is 11.6 Å². The van der Waals surface area contributed by atoms with Gasteiger partial charge in [0, 0.05) is 26.2 Å². The Kier molecular flexibility index (Phi) is 4.44. The van der Waals surface area contributed by atoms with Gasteiger partial charge in [-0.3, -0.25) is 4.79 Å². The van der Waals surface area contributed by atoms with Gasteiger partial charge in [-0.05, 0) is 19.2 Å². The van der Waals surface area contributed by atoms with Crippen molar-refractivity contribution in [1.82, 2.24) is 4.90 Å². The molecule has 1 N–H and O–H groups in total. The Morgan fingerprint density at radius 2 is 1.94 bits per heavy atom. The maximum absolute atomic E-state index is 10.6. The number of rotatable bonds is 4. The van der Waals surface area contributed by atoms with E-state index in [-0.39, 0.29) is 0 Å². The number of nitrogens with one attached hydrogen (secondary N) is 1. The molecule has 0 radical (unpaired) electrons. The summed E-state index contributed by atoms with van der Waals surface area (Å²) >= 11 is 5.83. The summed E-state index contributed by atoms with van der Waals surface area (Å²) in [5, 5.41) is 3.01. The van der Waals surface area contributed by atoms with Crippen molar-refractivity contribution in [2.75, 3.05) is 43.4 Å². The summed E-state index contributed by atoms with van der Waals surface area (Å²) in [4.78, 5) is 15.2. The Labute approximate surface area is 113 Å². The molecule has 1 saturated heterocycles. The summed E-state index contributed by atoms with van der Waals surface area (Å²) in [5.74, 6) is 0. The fourth-order valence-corrected chi connectivity index (χ4v) is 2.22. The van der Waals surface area contributed by atoms with E-state index in [2.05, 4.69) is 28.2 Å². The minimum Gasteiger partial charge on any atom is -0.367 e. The molecule has 98 valence electrons. The molecule has 5 heteroatoms. The summed E-state index contributed by atoms with van der Waals surface area (Å²) in [6.07, 6.45) is 0.697. The van der Waals surface area contributed by atoms with Crippen molar-refractivity contribution in [3.8, 4) is 0 Å². The molecule has 0 amide bonds. The van der Waals surface area contributed by atoms with E-state index in [0.29, 0.717) is 6.29 Å². The van der Waals surface area contributed by atoms with Gasteiger partial charge in [0.05, 0.1) is 11.4 Å². The number of halogens is 1. The number of benzene rings is 1. The predicted octanol–water partition coefficient (Wildman–Crippen LogP) is 1.61. The molecule has 1 atom stereocenters. The normalized spacial score (nSPS) is 18.4. The molecule has 1 unspecified atom stereocenters. The average Bonchev–Trinajstić information content (AvgIpc) is 2.40. The Balaban J connectivity index is 2.14. The van der Waals surface area contributed by atoms with Crippen molar-refractivity contribution < 1.29 is 4.79 Å². The molecular weight excluding hydrogens is 250 g/mol. The van der Waals surface area contributed by atoms with Gasteiger partial charge in [-0.25, -0.2) is 0 Å². The number of carbonyl (C=O) groups is 1. The Morgan fingerprint density at radius 3 is 2.61 bits per heavy atom. The van der Waals surface area contributed by atoms with Crippen molar-refractivity contribution >= 4 is 29.3 Å². The first-order valence-corrected chi connectivity index (χ1v) is 6.53. The lowest BCUT2D eigenvalue weighted by Crippen LogP contribution is -2.44. The van der Waals surface area contributed by atoms with E-state index in [1.54, 1.807) is 0 Å². The number of hydrogen-bond donors (Lipinski definition) is 1. The molecule has 1 heterocycles. The van der Waals surface area contributed by atoms with E-state index >= 15 is 0 Å². The minimum absolute atomic E-state index is 0.682. The van der Waals surface area contributed by atoms with Crippen LogP contribution >= 0.6 is 11.6 Å². The van der Waals surface area contributed by atoms with Crippen LogP contribution in [0, 0.1) is 0 Å². The molecule has 1 aliphatic heterocycles. The molecule has 1 aromatic rings. The van der Waals surface area contributed by atoms with Gasteiger partial charge in [0.15, 0.2) is 11.8 Å². The molecule has 4 nitrogen and oxygen atoms in total. The highest BCUT2D eigenvalue weighted by molar-refractivity contribution is 6.28. The summed E-state index contributed by atoms with van der Waals surface area (Å²) in [6, 6.07) is 7.95. The van der Waals surface area contributed by atoms with Crippen molar-refractivity contribution in [1.29, 1.82) is 0 Å². The SMILES string of the molecule is CN1CCN(c2ccccc2NC(Cl)C=O)CC1. The topological polar surface area (TPSA) is 35.6 Å². The van der Waals surface area contributed by atoms with Crippen LogP contribution in [0.1, 0.15) is 0 Å². The minimum atomic E-state index is -0.682. The number of anilines is 2. The summed E-state index contributed by atoms with van der Waals surface area (Å²) < 4.78 is 0. The van der Waals surface area contributed by atoms with Crippen LogP contribution in [0.25, 0.3) is 0 Å². The Hall–Kier alpha value is -1.26. The van der Waals surface area contributed by atoms with E-state index in [1.807, 2.05) is 18.2 Å². The number of piperazine rings is 1. The van der Waals surface area contributed by atoms with Gasteiger partial charge in [0.25, 0.3) is 0 Å². The molecule has 18 heavy (non-hydrogen) atoms. The zero-order valence-electron chi connectivity index (χ0n) is 10.5. The van der Waals surface area contributed by atoms with Gasteiger partial charge in [-0.2, -0.15) is 0 Å². The smallest absolute Gasteiger partial charge is 0.158 e. The van der Waals surface area contributed by atoms with Crippen LogP contribution in [0.2, 0.25) is 0 Å². The Bertz CT molecular complexity index is 405. The van der Waals surface area contributed by atoms with Crippen LogP contribution in [0.5, 0.6) is 0 Å². The molecule has 1 aromatic carbocycles.